The molecule has 0 saturated carbocycles. The average Bonchev–Trinajstić information content (AvgIpc) is 2.43. The number of carbonyl (C=O) groups excluding carboxylic acids is 1. The molecule has 0 aromatic carbocycles. The number of esters is 1. The molecule has 0 aromatic rings. The number of unbranched alkanes of at least 4 members (excludes halogenated alkanes) is 9. The first-order valence-electron chi connectivity index (χ1n) is 8.61. The Morgan fingerprint density at radius 1 is 1.00 bits per heavy atom. The van der Waals surface area contributed by atoms with E-state index in [1.807, 2.05) is 0 Å². The smallest absolute Gasteiger partial charge is 0.333 e. The highest BCUT2D eigenvalue weighted by Gasteiger charge is 2.06. The lowest BCUT2D eigenvalue weighted by molar-refractivity contribution is -0.139. The van der Waals surface area contributed by atoms with Gasteiger partial charge in [-0.2, -0.15) is 0 Å². The Kier molecular flexibility index (Phi) is 13.6. The molecule has 0 radical (unpaired) electrons. The van der Waals surface area contributed by atoms with E-state index in [2.05, 4.69) is 6.92 Å². The molecule has 124 valence electrons. The Hall–Kier alpha value is -0.830. The molecule has 0 aliphatic carbocycles. The molecule has 1 unspecified atom stereocenters. The molecule has 0 fully saturated rings. The first-order valence-corrected chi connectivity index (χ1v) is 8.61. The molecule has 3 nitrogen and oxygen atoms in total. The Morgan fingerprint density at radius 2 is 1.48 bits per heavy atom. The zero-order chi connectivity index (χ0) is 15.9. The fourth-order valence-electron chi connectivity index (χ4n) is 2.30. The zero-order valence-electron chi connectivity index (χ0n) is 14.2. The Balaban J connectivity index is 3.34. The van der Waals surface area contributed by atoms with Crippen LogP contribution in [0.15, 0.2) is 11.6 Å². The summed E-state index contributed by atoms with van der Waals surface area (Å²) >= 11 is 0. The number of aliphatic hydroxyl groups excluding tert-OH is 1. The summed E-state index contributed by atoms with van der Waals surface area (Å²) in [7, 11) is 0. The van der Waals surface area contributed by atoms with Crippen LogP contribution in [-0.2, 0) is 9.53 Å². The topological polar surface area (TPSA) is 46.5 Å². The van der Waals surface area contributed by atoms with Crippen molar-refractivity contribution in [2.75, 3.05) is 6.61 Å². The lowest BCUT2D eigenvalue weighted by Gasteiger charge is -2.06. The van der Waals surface area contributed by atoms with Crippen molar-refractivity contribution in [2.24, 2.45) is 0 Å². The lowest BCUT2D eigenvalue weighted by Crippen LogP contribution is -2.09. The van der Waals surface area contributed by atoms with Gasteiger partial charge in [-0.05, 0) is 26.3 Å². The molecule has 0 heterocycles. The van der Waals surface area contributed by atoms with Gasteiger partial charge in [0.25, 0.3) is 0 Å². The largest absolute Gasteiger partial charge is 0.462 e. The molecule has 1 atom stereocenters. The maximum Gasteiger partial charge on any atom is 0.333 e. The predicted molar refractivity (Wildman–Crippen MR) is 88.2 cm³/mol. The molecule has 21 heavy (non-hydrogen) atoms. The van der Waals surface area contributed by atoms with E-state index in [9.17, 15) is 4.79 Å². The monoisotopic (exact) mass is 298 g/mol. The van der Waals surface area contributed by atoms with Crippen LogP contribution in [0.5, 0.6) is 0 Å². The van der Waals surface area contributed by atoms with Crippen molar-refractivity contribution in [1.29, 1.82) is 0 Å². The highest BCUT2D eigenvalue weighted by molar-refractivity contribution is 5.87. The van der Waals surface area contributed by atoms with Crippen LogP contribution in [-0.4, -0.2) is 23.8 Å². The molecule has 3 heteroatoms. The minimum atomic E-state index is -0.602. The summed E-state index contributed by atoms with van der Waals surface area (Å²) in [6, 6.07) is 0. The minimum absolute atomic E-state index is 0.313. The predicted octanol–water partition coefficient (Wildman–Crippen LogP) is 4.78. The Bertz CT molecular complexity index is 282. The number of hydrogen-bond donors (Lipinski definition) is 1. The maximum absolute atomic E-state index is 11.5. The third-order valence-corrected chi connectivity index (χ3v) is 3.54. The van der Waals surface area contributed by atoms with Gasteiger partial charge in [0.15, 0.2) is 0 Å². The first-order chi connectivity index (χ1) is 10.1. The van der Waals surface area contributed by atoms with Crippen molar-refractivity contribution in [1.82, 2.24) is 0 Å². The molecule has 0 saturated heterocycles. The van der Waals surface area contributed by atoms with Crippen LogP contribution in [0.25, 0.3) is 0 Å². The summed E-state index contributed by atoms with van der Waals surface area (Å²) in [6.45, 7) is 6.03. The number of hydrogen-bond acceptors (Lipinski definition) is 3. The molecule has 0 rings (SSSR count). The van der Waals surface area contributed by atoms with Crippen molar-refractivity contribution < 1.29 is 14.6 Å². The lowest BCUT2D eigenvalue weighted by atomic mass is 10.1. The third-order valence-electron chi connectivity index (χ3n) is 3.54. The van der Waals surface area contributed by atoms with Crippen LogP contribution < -0.4 is 0 Å². The Morgan fingerprint density at radius 3 is 1.95 bits per heavy atom. The Labute approximate surface area is 130 Å². The summed E-state index contributed by atoms with van der Waals surface area (Å²) in [6.07, 6.45) is 13.6. The van der Waals surface area contributed by atoms with Crippen molar-refractivity contribution in [3.63, 3.8) is 0 Å². The minimum Gasteiger partial charge on any atom is -0.462 e. The van der Waals surface area contributed by atoms with E-state index in [-0.39, 0.29) is 5.97 Å². The fourth-order valence-corrected chi connectivity index (χ4v) is 2.30. The molecular weight excluding hydrogens is 264 g/mol. The summed E-state index contributed by atoms with van der Waals surface area (Å²) in [5.41, 5.74) is 0.483. The number of aliphatic hydroxyl groups is 1. The summed E-state index contributed by atoms with van der Waals surface area (Å²) in [5.74, 6) is -0.313. The number of rotatable bonds is 13. The van der Waals surface area contributed by atoms with Gasteiger partial charge >= 0.3 is 5.97 Å². The van der Waals surface area contributed by atoms with E-state index in [1.165, 1.54) is 57.4 Å². The van der Waals surface area contributed by atoms with Gasteiger partial charge < -0.3 is 9.84 Å². The van der Waals surface area contributed by atoms with Gasteiger partial charge in [0.2, 0.25) is 0 Å². The van der Waals surface area contributed by atoms with E-state index >= 15 is 0 Å². The van der Waals surface area contributed by atoms with Gasteiger partial charge in [0, 0.05) is 5.57 Å². The SMILES string of the molecule is CCCCCCCCCCCCOC(=O)C(C)=CC(C)O. The van der Waals surface area contributed by atoms with E-state index in [0.717, 1.165) is 12.8 Å². The third kappa shape index (κ3) is 13.9. The van der Waals surface area contributed by atoms with Crippen molar-refractivity contribution >= 4 is 5.97 Å². The van der Waals surface area contributed by atoms with Gasteiger partial charge in [0.05, 0.1) is 12.7 Å². The van der Waals surface area contributed by atoms with Crippen molar-refractivity contribution in [3.05, 3.63) is 11.6 Å². The van der Waals surface area contributed by atoms with Crippen LogP contribution in [0.3, 0.4) is 0 Å². The summed E-state index contributed by atoms with van der Waals surface area (Å²) in [5, 5.41) is 9.15. The van der Waals surface area contributed by atoms with Crippen LogP contribution >= 0.6 is 0 Å². The van der Waals surface area contributed by atoms with Crippen LogP contribution in [0.1, 0.15) is 85.0 Å². The second-order valence-electron chi connectivity index (χ2n) is 5.91. The quantitative estimate of drug-likeness (QED) is 0.302. The molecular formula is C18H34O3. The van der Waals surface area contributed by atoms with Crippen LogP contribution in [0, 0.1) is 0 Å². The highest BCUT2D eigenvalue weighted by Crippen LogP contribution is 2.10. The molecule has 0 bridgehead atoms. The van der Waals surface area contributed by atoms with E-state index in [1.54, 1.807) is 13.8 Å². The molecule has 0 aliphatic rings. The second kappa shape index (κ2) is 14.1. The standard InChI is InChI=1S/C18H34O3/c1-4-5-6-7-8-9-10-11-12-13-14-21-18(20)16(2)15-17(3)19/h15,17,19H,4-14H2,1-3H3. The summed E-state index contributed by atoms with van der Waals surface area (Å²) < 4.78 is 5.16. The molecule has 0 aliphatic heterocycles. The van der Waals surface area contributed by atoms with E-state index in [0.29, 0.717) is 12.2 Å². The fraction of sp³-hybridized carbons (Fsp3) is 0.833. The van der Waals surface area contributed by atoms with Gasteiger partial charge in [-0.25, -0.2) is 4.79 Å². The molecule has 0 amide bonds. The zero-order valence-corrected chi connectivity index (χ0v) is 14.2. The van der Waals surface area contributed by atoms with Gasteiger partial charge in [0.1, 0.15) is 0 Å². The normalized spacial score (nSPS) is 13.2. The number of carbonyl (C=O) groups is 1. The number of ether oxygens (including phenoxy) is 1. The molecule has 0 spiro atoms. The van der Waals surface area contributed by atoms with Crippen LogP contribution in [0.2, 0.25) is 0 Å². The average molecular weight is 298 g/mol. The van der Waals surface area contributed by atoms with Crippen LogP contribution in [0.4, 0.5) is 0 Å². The van der Waals surface area contributed by atoms with E-state index in [4.69, 9.17) is 9.84 Å². The first kappa shape index (κ1) is 20.2. The highest BCUT2D eigenvalue weighted by atomic mass is 16.5. The van der Waals surface area contributed by atoms with Crippen molar-refractivity contribution in [3.8, 4) is 0 Å². The molecule has 0 aromatic heterocycles. The van der Waals surface area contributed by atoms with Gasteiger partial charge in [-0.1, -0.05) is 64.7 Å². The van der Waals surface area contributed by atoms with E-state index < -0.39 is 6.10 Å². The van der Waals surface area contributed by atoms with Gasteiger partial charge in [-0.15, -0.1) is 0 Å². The maximum atomic E-state index is 11.5. The molecule has 1 N–H and O–H groups in total. The van der Waals surface area contributed by atoms with Gasteiger partial charge in [-0.3, -0.25) is 0 Å². The van der Waals surface area contributed by atoms with Crippen molar-refractivity contribution in [2.45, 2.75) is 91.1 Å². The summed E-state index contributed by atoms with van der Waals surface area (Å²) in [4.78, 5) is 11.5. The second-order valence-corrected chi connectivity index (χ2v) is 5.91.